The van der Waals surface area contributed by atoms with Gasteiger partial charge in [0.25, 0.3) is 0 Å². The Hall–Kier alpha value is -2.83. The topological polar surface area (TPSA) is 76.2 Å². The van der Waals surface area contributed by atoms with Gasteiger partial charge in [0.2, 0.25) is 0 Å². The molecular formula is C17H19N5O2. The van der Waals surface area contributed by atoms with Gasteiger partial charge in [0.05, 0.1) is 17.9 Å². The van der Waals surface area contributed by atoms with Crippen LogP contribution in [-0.4, -0.2) is 39.0 Å². The third-order valence-corrected chi connectivity index (χ3v) is 4.45. The van der Waals surface area contributed by atoms with Crippen LogP contribution >= 0.6 is 0 Å². The van der Waals surface area contributed by atoms with Gasteiger partial charge in [-0.05, 0) is 38.5 Å². The molecule has 24 heavy (non-hydrogen) atoms. The molecule has 2 aromatic heterocycles. The fourth-order valence-electron chi connectivity index (χ4n) is 3.28. The van der Waals surface area contributed by atoms with Crippen LogP contribution in [0.3, 0.4) is 0 Å². The number of nitrogens with one attached hydrogen (secondary N) is 1. The molecule has 124 valence electrons. The summed E-state index contributed by atoms with van der Waals surface area (Å²) in [5.74, 6) is 0. The van der Waals surface area contributed by atoms with Crippen LogP contribution < -0.4 is 5.32 Å². The van der Waals surface area contributed by atoms with Crippen LogP contribution in [0.15, 0.2) is 35.0 Å². The van der Waals surface area contributed by atoms with E-state index in [1.165, 1.54) is 0 Å². The molecule has 0 unspecified atom stereocenters. The average molecular weight is 325 g/mol. The highest BCUT2D eigenvalue weighted by Gasteiger charge is 2.28. The molecule has 0 aliphatic carbocycles. The number of anilines is 1. The largest absolute Gasteiger partial charge is 0.356 e. The summed E-state index contributed by atoms with van der Waals surface area (Å²) in [5, 5.41) is 12.1. The number of urea groups is 1. The minimum atomic E-state index is -0.0992. The third kappa shape index (κ3) is 2.62. The minimum absolute atomic E-state index is 0.0992. The standard InChI is InChI=1S/C17H19N5O2/c1-11-7-12(2)22(20-11)15-5-6-21(10-15)17(23)19-14-4-3-13-9-18-24-16(13)8-14/h3-4,7-9,15H,5-6,10H2,1-2H3,(H,19,23)/t15-/m1/s1. The molecule has 0 saturated carbocycles. The van der Waals surface area contributed by atoms with Gasteiger partial charge in [0.15, 0.2) is 5.58 Å². The van der Waals surface area contributed by atoms with Crippen molar-refractivity contribution < 1.29 is 9.32 Å². The fraction of sp³-hybridized carbons (Fsp3) is 0.353. The molecule has 1 saturated heterocycles. The number of aromatic nitrogens is 3. The highest BCUT2D eigenvalue weighted by atomic mass is 16.5. The Bertz CT molecular complexity index is 897. The Balaban J connectivity index is 1.44. The number of nitrogens with zero attached hydrogens (tertiary/aromatic N) is 4. The first kappa shape index (κ1) is 14.7. The molecule has 1 fully saturated rings. The minimum Gasteiger partial charge on any atom is -0.356 e. The zero-order valence-electron chi connectivity index (χ0n) is 13.7. The molecule has 1 aromatic carbocycles. The normalized spacial score (nSPS) is 17.6. The van der Waals surface area contributed by atoms with Crippen molar-refractivity contribution in [2.45, 2.75) is 26.3 Å². The lowest BCUT2D eigenvalue weighted by atomic mass is 10.2. The van der Waals surface area contributed by atoms with Crippen LogP contribution in [0.4, 0.5) is 10.5 Å². The first-order valence-corrected chi connectivity index (χ1v) is 8.03. The van der Waals surface area contributed by atoms with Gasteiger partial charge in [-0.2, -0.15) is 5.10 Å². The predicted octanol–water partition coefficient (Wildman–Crippen LogP) is 3.12. The van der Waals surface area contributed by atoms with Gasteiger partial charge < -0.3 is 14.7 Å². The molecule has 4 rings (SSSR count). The first-order valence-electron chi connectivity index (χ1n) is 8.03. The summed E-state index contributed by atoms with van der Waals surface area (Å²) in [7, 11) is 0. The number of amides is 2. The van der Waals surface area contributed by atoms with E-state index in [1.54, 1.807) is 12.3 Å². The van der Waals surface area contributed by atoms with Gasteiger partial charge in [-0.3, -0.25) is 4.68 Å². The Morgan fingerprint density at radius 2 is 2.21 bits per heavy atom. The van der Waals surface area contributed by atoms with Crippen molar-refractivity contribution in [3.8, 4) is 0 Å². The molecule has 1 aliphatic heterocycles. The van der Waals surface area contributed by atoms with Crippen LogP contribution in [-0.2, 0) is 0 Å². The number of benzene rings is 1. The molecule has 1 N–H and O–H groups in total. The van der Waals surface area contributed by atoms with Crippen molar-refractivity contribution in [3.63, 3.8) is 0 Å². The Kier molecular flexibility index (Phi) is 3.48. The Morgan fingerprint density at radius 3 is 3.00 bits per heavy atom. The summed E-state index contributed by atoms with van der Waals surface area (Å²) < 4.78 is 7.16. The van der Waals surface area contributed by atoms with Gasteiger partial charge in [-0.15, -0.1) is 0 Å². The first-order chi connectivity index (χ1) is 11.6. The van der Waals surface area contributed by atoms with Crippen LogP contribution in [0.5, 0.6) is 0 Å². The van der Waals surface area contributed by atoms with Crippen molar-refractivity contribution in [1.29, 1.82) is 0 Å². The van der Waals surface area contributed by atoms with Crippen molar-refractivity contribution in [2.24, 2.45) is 0 Å². The average Bonchev–Trinajstić information content (AvgIpc) is 3.26. The van der Waals surface area contributed by atoms with E-state index in [1.807, 2.05) is 28.6 Å². The SMILES string of the molecule is Cc1cc(C)n([C@@H]2CCN(C(=O)Nc3ccc4cnoc4c3)C2)n1. The number of aryl methyl sites for hydroxylation is 2. The quantitative estimate of drug-likeness (QED) is 0.785. The van der Waals surface area contributed by atoms with Gasteiger partial charge in [-0.1, -0.05) is 5.16 Å². The predicted molar refractivity (Wildman–Crippen MR) is 90.0 cm³/mol. The molecule has 3 heterocycles. The van der Waals surface area contributed by atoms with Crippen molar-refractivity contribution in [2.75, 3.05) is 18.4 Å². The van der Waals surface area contributed by atoms with Gasteiger partial charge in [0.1, 0.15) is 0 Å². The fourth-order valence-corrected chi connectivity index (χ4v) is 3.28. The van der Waals surface area contributed by atoms with Gasteiger partial charge >= 0.3 is 6.03 Å². The maximum atomic E-state index is 12.5. The zero-order valence-corrected chi connectivity index (χ0v) is 13.7. The summed E-state index contributed by atoms with van der Waals surface area (Å²) >= 11 is 0. The second-order valence-electron chi connectivity index (χ2n) is 6.27. The number of carbonyl (C=O) groups excluding carboxylic acids is 1. The number of likely N-dealkylation sites (tertiary alicyclic amines) is 1. The number of hydrogen-bond donors (Lipinski definition) is 1. The molecule has 0 bridgehead atoms. The third-order valence-electron chi connectivity index (χ3n) is 4.45. The zero-order chi connectivity index (χ0) is 16.7. The van der Waals surface area contributed by atoms with Crippen LogP contribution in [0.2, 0.25) is 0 Å². The summed E-state index contributed by atoms with van der Waals surface area (Å²) in [6.07, 6.45) is 2.57. The Labute approximate surface area is 139 Å². The van der Waals surface area contributed by atoms with Crippen molar-refractivity contribution in [3.05, 3.63) is 41.9 Å². The van der Waals surface area contributed by atoms with E-state index in [-0.39, 0.29) is 12.1 Å². The van der Waals surface area contributed by atoms with E-state index in [2.05, 4.69) is 28.6 Å². The van der Waals surface area contributed by atoms with Crippen molar-refractivity contribution >= 4 is 22.7 Å². The molecular weight excluding hydrogens is 306 g/mol. The monoisotopic (exact) mass is 325 g/mol. The van der Waals surface area contributed by atoms with Gasteiger partial charge in [-0.25, -0.2) is 4.79 Å². The number of fused-ring (bicyclic) bond motifs is 1. The maximum Gasteiger partial charge on any atom is 0.321 e. The molecule has 0 radical (unpaired) electrons. The molecule has 7 nitrogen and oxygen atoms in total. The second kappa shape index (κ2) is 5.67. The lowest BCUT2D eigenvalue weighted by molar-refractivity contribution is 0.220. The highest BCUT2D eigenvalue weighted by molar-refractivity contribution is 5.92. The second-order valence-corrected chi connectivity index (χ2v) is 6.27. The summed E-state index contributed by atoms with van der Waals surface area (Å²) in [6, 6.07) is 7.72. The van der Waals surface area contributed by atoms with Gasteiger partial charge in [0, 0.05) is 35.9 Å². The molecule has 3 aromatic rings. The van der Waals surface area contributed by atoms with E-state index >= 15 is 0 Å². The maximum absolute atomic E-state index is 12.5. The number of hydrogen-bond acceptors (Lipinski definition) is 4. The summed E-state index contributed by atoms with van der Waals surface area (Å²) in [4.78, 5) is 14.3. The van der Waals surface area contributed by atoms with Crippen molar-refractivity contribution in [1.82, 2.24) is 19.8 Å². The van der Waals surface area contributed by atoms with E-state index in [4.69, 9.17) is 4.52 Å². The highest BCUT2D eigenvalue weighted by Crippen LogP contribution is 2.24. The summed E-state index contributed by atoms with van der Waals surface area (Å²) in [6.45, 7) is 5.43. The lowest BCUT2D eigenvalue weighted by Gasteiger charge is -2.18. The molecule has 1 aliphatic rings. The van der Waals surface area contributed by atoms with Crippen LogP contribution in [0.25, 0.3) is 11.0 Å². The summed E-state index contributed by atoms with van der Waals surface area (Å²) in [5.41, 5.74) is 3.51. The molecule has 0 spiro atoms. The smallest absolute Gasteiger partial charge is 0.321 e. The molecule has 1 atom stereocenters. The number of rotatable bonds is 2. The van der Waals surface area contributed by atoms with E-state index in [9.17, 15) is 4.79 Å². The van der Waals surface area contributed by atoms with Crippen LogP contribution in [0, 0.1) is 13.8 Å². The molecule has 7 heteroatoms. The lowest BCUT2D eigenvalue weighted by Crippen LogP contribution is -2.33. The van der Waals surface area contributed by atoms with E-state index in [0.29, 0.717) is 17.8 Å². The number of carbonyl (C=O) groups is 1. The Morgan fingerprint density at radius 1 is 1.33 bits per heavy atom. The van der Waals surface area contributed by atoms with E-state index in [0.717, 1.165) is 29.7 Å². The van der Waals surface area contributed by atoms with E-state index < -0.39 is 0 Å². The molecule has 2 amide bonds. The van der Waals surface area contributed by atoms with Crippen LogP contribution in [0.1, 0.15) is 23.9 Å².